The first-order chi connectivity index (χ1) is 11.7. The van der Waals surface area contributed by atoms with E-state index in [0.29, 0.717) is 6.42 Å². The SMILES string of the molecule is O=C(CCc1cccc(Cl)c1)N1CCN(Cc2cccnc2)CC1. The van der Waals surface area contributed by atoms with E-state index in [1.807, 2.05) is 41.4 Å². The van der Waals surface area contributed by atoms with Crippen molar-refractivity contribution in [3.63, 3.8) is 0 Å². The Balaban J connectivity index is 1.43. The van der Waals surface area contributed by atoms with E-state index >= 15 is 0 Å². The fourth-order valence-electron chi connectivity index (χ4n) is 3.01. The second kappa shape index (κ2) is 8.27. The predicted octanol–water partition coefficient (Wildman–Crippen LogP) is 3.01. The minimum atomic E-state index is 0.232. The first kappa shape index (κ1) is 16.9. The Kier molecular flexibility index (Phi) is 5.83. The Bertz CT molecular complexity index is 669. The molecule has 2 heterocycles. The molecule has 24 heavy (non-hydrogen) atoms. The van der Waals surface area contributed by atoms with Crippen LogP contribution < -0.4 is 0 Å². The number of piperazine rings is 1. The number of hydrogen-bond donors (Lipinski definition) is 0. The van der Waals surface area contributed by atoms with E-state index < -0.39 is 0 Å². The molecule has 1 aromatic carbocycles. The van der Waals surface area contributed by atoms with Gasteiger partial charge in [-0.2, -0.15) is 0 Å². The Morgan fingerprint density at radius 2 is 1.88 bits per heavy atom. The summed E-state index contributed by atoms with van der Waals surface area (Å²) in [6.45, 7) is 4.33. The van der Waals surface area contributed by atoms with Gasteiger partial charge >= 0.3 is 0 Å². The molecule has 5 heteroatoms. The van der Waals surface area contributed by atoms with Crippen molar-refractivity contribution >= 4 is 17.5 Å². The maximum Gasteiger partial charge on any atom is 0.222 e. The number of rotatable bonds is 5. The number of halogens is 1. The maximum atomic E-state index is 12.4. The smallest absolute Gasteiger partial charge is 0.222 e. The van der Waals surface area contributed by atoms with Crippen molar-refractivity contribution in [3.05, 3.63) is 64.9 Å². The molecule has 0 radical (unpaired) electrons. The van der Waals surface area contributed by atoms with Crippen LogP contribution in [0, 0.1) is 0 Å². The van der Waals surface area contributed by atoms with Gasteiger partial charge in [-0.05, 0) is 35.7 Å². The Hall–Kier alpha value is -1.91. The third-order valence-corrected chi connectivity index (χ3v) is 4.61. The topological polar surface area (TPSA) is 36.4 Å². The highest BCUT2D eigenvalue weighted by molar-refractivity contribution is 6.30. The summed E-state index contributed by atoms with van der Waals surface area (Å²) in [4.78, 5) is 20.9. The van der Waals surface area contributed by atoms with Gasteiger partial charge in [-0.3, -0.25) is 14.7 Å². The van der Waals surface area contributed by atoms with Crippen LogP contribution in [0.15, 0.2) is 48.8 Å². The fraction of sp³-hybridized carbons (Fsp3) is 0.368. The molecule has 1 fully saturated rings. The van der Waals surface area contributed by atoms with Crippen LogP contribution in [0.25, 0.3) is 0 Å². The first-order valence-electron chi connectivity index (χ1n) is 8.34. The van der Waals surface area contributed by atoms with Gasteiger partial charge in [-0.25, -0.2) is 0 Å². The Morgan fingerprint density at radius 1 is 1.08 bits per heavy atom. The van der Waals surface area contributed by atoms with Crippen molar-refractivity contribution in [2.75, 3.05) is 26.2 Å². The first-order valence-corrected chi connectivity index (χ1v) is 8.72. The molecule has 3 rings (SSSR count). The summed E-state index contributed by atoms with van der Waals surface area (Å²) in [7, 11) is 0. The van der Waals surface area contributed by atoms with Crippen LogP contribution in [0.1, 0.15) is 17.5 Å². The monoisotopic (exact) mass is 343 g/mol. The van der Waals surface area contributed by atoms with Crippen molar-refractivity contribution in [2.24, 2.45) is 0 Å². The summed E-state index contributed by atoms with van der Waals surface area (Å²) < 4.78 is 0. The number of aromatic nitrogens is 1. The fourth-order valence-corrected chi connectivity index (χ4v) is 3.22. The van der Waals surface area contributed by atoms with E-state index in [2.05, 4.69) is 16.0 Å². The summed E-state index contributed by atoms with van der Waals surface area (Å²) >= 11 is 5.99. The van der Waals surface area contributed by atoms with Gasteiger partial charge in [0, 0.05) is 56.6 Å². The molecule has 1 aliphatic rings. The highest BCUT2D eigenvalue weighted by atomic mass is 35.5. The molecule has 1 saturated heterocycles. The molecule has 1 aliphatic heterocycles. The summed E-state index contributed by atoms with van der Waals surface area (Å²) in [5.74, 6) is 0.232. The third kappa shape index (κ3) is 4.79. The van der Waals surface area contributed by atoms with Crippen molar-refractivity contribution in [2.45, 2.75) is 19.4 Å². The van der Waals surface area contributed by atoms with E-state index in [1.54, 1.807) is 6.20 Å². The van der Waals surface area contributed by atoms with Crippen LogP contribution in [0.3, 0.4) is 0 Å². The van der Waals surface area contributed by atoms with E-state index in [4.69, 9.17) is 11.6 Å². The van der Waals surface area contributed by atoms with Crippen molar-refractivity contribution < 1.29 is 4.79 Å². The second-order valence-corrected chi connectivity index (χ2v) is 6.58. The van der Waals surface area contributed by atoms with Crippen LogP contribution in [0.2, 0.25) is 5.02 Å². The molecule has 0 atom stereocenters. The number of hydrogen-bond acceptors (Lipinski definition) is 3. The zero-order valence-corrected chi connectivity index (χ0v) is 14.5. The largest absolute Gasteiger partial charge is 0.340 e. The molecular weight excluding hydrogens is 322 g/mol. The number of benzene rings is 1. The molecule has 0 saturated carbocycles. The van der Waals surface area contributed by atoms with Gasteiger partial charge in [-0.15, -0.1) is 0 Å². The zero-order chi connectivity index (χ0) is 16.8. The van der Waals surface area contributed by atoms with Crippen LogP contribution in [0.4, 0.5) is 0 Å². The highest BCUT2D eigenvalue weighted by Gasteiger charge is 2.20. The maximum absolute atomic E-state index is 12.4. The number of pyridine rings is 1. The molecule has 0 spiro atoms. The molecule has 126 valence electrons. The van der Waals surface area contributed by atoms with Crippen LogP contribution >= 0.6 is 11.6 Å². The second-order valence-electron chi connectivity index (χ2n) is 6.15. The highest BCUT2D eigenvalue weighted by Crippen LogP contribution is 2.14. The summed E-state index contributed by atoms with van der Waals surface area (Å²) in [5.41, 5.74) is 2.34. The molecule has 1 amide bonds. The van der Waals surface area contributed by atoms with Gasteiger partial charge in [0.25, 0.3) is 0 Å². The summed E-state index contributed by atoms with van der Waals surface area (Å²) in [5, 5.41) is 0.726. The molecule has 0 aliphatic carbocycles. The van der Waals surface area contributed by atoms with Gasteiger partial charge in [0.1, 0.15) is 0 Å². The molecule has 0 bridgehead atoms. The summed E-state index contributed by atoms with van der Waals surface area (Å²) in [6.07, 6.45) is 4.99. The van der Waals surface area contributed by atoms with Crippen molar-refractivity contribution in [3.8, 4) is 0 Å². The van der Waals surface area contributed by atoms with Crippen molar-refractivity contribution in [1.29, 1.82) is 0 Å². The molecule has 4 nitrogen and oxygen atoms in total. The van der Waals surface area contributed by atoms with Gasteiger partial charge in [0.05, 0.1) is 0 Å². The number of carbonyl (C=O) groups is 1. The van der Waals surface area contributed by atoms with Gasteiger partial charge in [-0.1, -0.05) is 29.8 Å². The van der Waals surface area contributed by atoms with E-state index in [1.165, 1.54) is 5.56 Å². The number of amides is 1. The van der Waals surface area contributed by atoms with Gasteiger partial charge in [0.15, 0.2) is 0 Å². The van der Waals surface area contributed by atoms with Crippen LogP contribution in [-0.4, -0.2) is 46.9 Å². The quantitative estimate of drug-likeness (QED) is 0.837. The van der Waals surface area contributed by atoms with E-state index in [-0.39, 0.29) is 5.91 Å². The van der Waals surface area contributed by atoms with Crippen LogP contribution in [0.5, 0.6) is 0 Å². The van der Waals surface area contributed by atoms with Gasteiger partial charge in [0.2, 0.25) is 5.91 Å². The number of carbonyl (C=O) groups excluding carboxylic acids is 1. The minimum Gasteiger partial charge on any atom is -0.340 e. The number of aryl methyl sites for hydroxylation is 1. The Morgan fingerprint density at radius 3 is 2.58 bits per heavy atom. The standard InChI is InChI=1S/C19H22ClN3O/c20-18-5-1-3-16(13-18)6-7-19(24)23-11-9-22(10-12-23)15-17-4-2-8-21-14-17/h1-5,8,13-14H,6-7,9-12,15H2. The number of nitrogens with zero attached hydrogens (tertiary/aromatic N) is 3. The average Bonchev–Trinajstić information content (AvgIpc) is 2.61. The van der Waals surface area contributed by atoms with E-state index in [9.17, 15) is 4.79 Å². The van der Waals surface area contributed by atoms with E-state index in [0.717, 1.165) is 49.7 Å². The third-order valence-electron chi connectivity index (χ3n) is 4.37. The molecular formula is C19H22ClN3O. The lowest BCUT2D eigenvalue weighted by Gasteiger charge is -2.34. The lowest BCUT2D eigenvalue weighted by Crippen LogP contribution is -2.48. The molecule has 0 unspecified atom stereocenters. The Labute approximate surface area is 148 Å². The lowest BCUT2D eigenvalue weighted by atomic mass is 10.1. The van der Waals surface area contributed by atoms with Gasteiger partial charge < -0.3 is 4.90 Å². The van der Waals surface area contributed by atoms with Crippen molar-refractivity contribution in [1.82, 2.24) is 14.8 Å². The molecule has 1 aromatic heterocycles. The molecule has 2 aromatic rings. The predicted molar refractivity (Wildman–Crippen MR) is 95.9 cm³/mol. The lowest BCUT2D eigenvalue weighted by molar-refractivity contribution is -0.133. The van der Waals surface area contributed by atoms with Crippen LogP contribution in [-0.2, 0) is 17.8 Å². The summed E-state index contributed by atoms with van der Waals surface area (Å²) in [6, 6.07) is 11.8. The normalized spacial score (nSPS) is 15.5. The minimum absolute atomic E-state index is 0.232. The zero-order valence-electron chi connectivity index (χ0n) is 13.7. The average molecular weight is 344 g/mol. The molecule has 0 N–H and O–H groups in total.